The molecular weight excluding hydrogens is 280 g/mol. The van der Waals surface area contributed by atoms with E-state index in [0.717, 1.165) is 5.69 Å². The summed E-state index contributed by atoms with van der Waals surface area (Å²) in [7, 11) is 0. The molecule has 2 rings (SSSR count). The summed E-state index contributed by atoms with van der Waals surface area (Å²) in [6.07, 6.45) is 1.68. The van der Waals surface area contributed by atoms with E-state index < -0.39 is 4.92 Å². The Morgan fingerprint density at radius 1 is 1.35 bits per heavy atom. The fourth-order valence-corrected chi connectivity index (χ4v) is 2.00. The van der Waals surface area contributed by atoms with E-state index in [0.29, 0.717) is 29.5 Å². The summed E-state index contributed by atoms with van der Waals surface area (Å²) in [5.41, 5.74) is 1.44. The highest BCUT2D eigenvalue weighted by Crippen LogP contribution is 2.22. The largest absolute Gasteiger partial charge is 0.307 e. The number of aromatic nitrogens is 2. The van der Waals surface area contributed by atoms with Crippen LogP contribution in [0.5, 0.6) is 0 Å². The first kappa shape index (κ1) is 14.4. The van der Waals surface area contributed by atoms with Crippen LogP contribution in [0.4, 0.5) is 5.69 Å². The van der Waals surface area contributed by atoms with Crippen LogP contribution in [0, 0.1) is 17.0 Å². The molecule has 0 atom stereocenters. The SMILES string of the molecule is Cc1nccc(CNCc2cc(Cl)ccc2[N+](=O)[O-])n1. The van der Waals surface area contributed by atoms with Gasteiger partial charge in [0.25, 0.3) is 5.69 Å². The van der Waals surface area contributed by atoms with Gasteiger partial charge in [-0.25, -0.2) is 9.97 Å². The molecule has 104 valence electrons. The fraction of sp³-hybridized carbons (Fsp3) is 0.231. The van der Waals surface area contributed by atoms with Gasteiger partial charge in [0.1, 0.15) is 5.82 Å². The lowest BCUT2D eigenvalue weighted by Crippen LogP contribution is -2.15. The number of nitro benzene ring substituents is 1. The van der Waals surface area contributed by atoms with Crippen LogP contribution in [0.15, 0.2) is 30.5 Å². The maximum absolute atomic E-state index is 10.9. The Kier molecular flexibility index (Phi) is 4.60. The average molecular weight is 293 g/mol. The summed E-state index contributed by atoms with van der Waals surface area (Å²) in [4.78, 5) is 18.8. The van der Waals surface area contributed by atoms with Crippen LogP contribution in [0.3, 0.4) is 0 Å². The van der Waals surface area contributed by atoms with E-state index in [1.807, 2.05) is 6.92 Å². The van der Waals surface area contributed by atoms with Crippen molar-refractivity contribution in [2.24, 2.45) is 0 Å². The minimum atomic E-state index is -0.415. The van der Waals surface area contributed by atoms with Crippen LogP contribution in [-0.2, 0) is 13.1 Å². The van der Waals surface area contributed by atoms with E-state index in [-0.39, 0.29) is 5.69 Å². The van der Waals surface area contributed by atoms with Gasteiger partial charge in [-0.05, 0) is 25.1 Å². The first-order valence-corrected chi connectivity index (χ1v) is 6.36. The Balaban J connectivity index is 2.04. The maximum Gasteiger partial charge on any atom is 0.273 e. The van der Waals surface area contributed by atoms with Crippen LogP contribution in [-0.4, -0.2) is 14.9 Å². The van der Waals surface area contributed by atoms with Gasteiger partial charge >= 0.3 is 0 Å². The second-order valence-electron chi connectivity index (χ2n) is 4.23. The molecule has 0 amide bonds. The maximum atomic E-state index is 10.9. The molecule has 0 saturated heterocycles. The second-order valence-corrected chi connectivity index (χ2v) is 4.67. The predicted molar refractivity (Wildman–Crippen MR) is 75.4 cm³/mol. The summed E-state index contributed by atoms with van der Waals surface area (Å²) in [5, 5.41) is 14.5. The minimum absolute atomic E-state index is 0.0563. The van der Waals surface area contributed by atoms with Crippen LogP contribution in [0.1, 0.15) is 17.1 Å². The molecule has 20 heavy (non-hydrogen) atoms. The quantitative estimate of drug-likeness (QED) is 0.677. The zero-order chi connectivity index (χ0) is 14.5. The number of aryl methyl sites for hydroxylation is 1. The molecule has 1 aromatic carbocycles. The van der Waals surface area contributed by atoms with Gasteiger partial charge in [-0.2, -0.15) is 0 Å². The van der Waals surface area contributed by atoms with E-state index in [9.17, 15) is 10.1 Å². The molecular formula is C13H13ClN4O2. The molecule has 0 radical (unpaired) electrons. The van der Waals surface area contributed by atoms with E-state index in [1.54, 1.807) is 18.3 Å². The number of hydrogen-bond acceptors (Lipinski definition) is 5. The minimum Gasteiger partial charge on any atom is -0.307 e. The average Bonchev–Trinajstić information content (AvgIpc) is 2.38. The summed E-state index contributed by atoms with van der Waals surface area (Å²) >= 11 is 5.87. The lowest BCUT2D eigenvalue weighted by atomic mass is 10.2. The van der Waals surface area contributed by atoms with Gasteiger partial charge in [0.05, 0.1) is 10.6 Å². The molecule has 0 aliphatic carbocycles. The Hall–Kier alpha value is -2.05. The molecule has 0 aliphatic rings. The zero-order valence-electron chi connectivity index (χ0n) is 10.8. The number of halogens is 1. The fourth-order valence-electron chi connectivity index (χ4n) is 1.80. The number of hydrogen-bond donors (Lipinski definition) is 1. The highest BCUT2D eigenvalue weighted by molar-refractivity contribution is 6.30. The Labute approximate surface area is 121 Å². The Morgan fingerprint density at radius 2 is 2.15 bits per heavy atom. The van der Waals surface area contributed by atoms with Gasteiger partial charge < -0.3 is 5.32 Å². The van der Waals surface area contributed by atoms with Gasteiger partial charge in [0.2, 0.25) is 0 Å². The van der Waals surface area contributed by atoms with E-state index >= 15 is 0 Å². The topological polar surface area (TPSA) is 81.0 Å². The van der Waals surface area contributed by atoms with Gasteiger partial charge in [-0.15, -0.1) is 0 Å². The van der Waals surface area contributed by atoms with E-state index in [4.69, 9.17) is 11.6 Å². The third-order valence-electron chi connectivity index (χ3n) is 2.69. The van der Waals surface area contributed by atoms with Crippen LogP contribution in [0.2, 0.25) is 5.02 Å². The summed E-state index contributed by atoms with van der Waals surface area (Å²) in [6.45, 7) is 2.66. The van der Waals surface area contributed by atoms with Crippen molar-refractivity contribution in [1.82, 2.24) is 15.3 Å². The van der Waals surface area contributed by atoms with Crippen molar-refractivity contribution in [2.75, 3.05) is 0 Å². The molecule has 0 fully saturated rings. The molecule has 7 heteroatoms. The molecule has 2 aromatic rings. The van der Waals surface area contributed by atoms with Crippen LogP contribution in [0.25, 0.3) is 0 Å². The van der Waals surface area contributed by atoms with Crippen molar-refractivity contribution in [3.05, 3.63) is 62.7 Å². The number of nitro groups is 1. The molecule has 0 saturated carbocycles. The van der Waals surface area contributed by atoms with Crippen molar-refractivity contribution < 1.29 is 4.92 Å². The van der Waals surface area contributed by atoms with Gasteiger partial charge in [0, 0.05) is 35.9 Å². The Morgan fingerprint density at radius 3 is 2.85 bits per heavy atom. The van der Waals surface area contributed by atoms with Crippen molar-refractivity contribution in [2.45, 2.75) is 20.0 Å². The number of benzene rings is 1. The summed E-state index contributed by atoms with van der Waals surface area (Å²) < 4.78 is 0. The predicted octanol–water partition coefficient (Wildman–Crippen LogP) is 2.64. The molecule has 0 unspecified atom stereocenters. The molecule has 0 bridgehead atoms. The third-order valence-corrected chi connectivity index (χ3v) is 2.93. The van der Waals surface area contributed by atoms with Gasteiger partial charge in [0.15, 0.2) is 0 Å². The van der Waals surface area contributed by atoms with Crippen LogP contribution < -0.4 is 5.32 Å². The highest BCUT2D eigenvalue weighted by Gasteiger charge is 2.13. The zero-order valence-corrected chi connectivity index (χ0v) is 11.6. The van der Waals surface area contributed by atoms with Gasteiger partial charge in [-0.3, -0.25) is 10.1 Å². The highest BCUT2D eigenvalue weighted by atomic mass is 35.5. The lowest BCUT2D eigenvalue weighted by molar-refractivity contribution is -0.385. The van der Waals surface area contributed by atoms with E-state index in [2.05, 4.69) is 15.3 Å². The molecule has 1 N–H and O–H groups in total. The smallest absolute Gasteiger partial charge is 0.273 e. The third kappa shape index (κ3) is 3.72. The summed E-state index contributed by atoms with van der Waals surface area (Å²) in [5.74, 6) is 0.693. The van der Waals surface area contributed by atoms with Crippen molar-refractivity contribution in [3.8, 4) is 0 Å². The molecule has 1 heterocycles. The normalized spacial score (nSPS) is 10.5. The first-order chi connectivity index (χ1) is 9.56. The molecule has 1 aromatic heterocycles. The van der Waals surface area contributed by atoms with Crippen molar-refractivity contribution >= 4 is 17.3 Å². The number of rotatable bonds is 5. The molecule has 6 nitrogen and oxygen atoms in total. The standard InChI is InChI=1S/C13H13ClN4O2/c1-9-16-5-4-12(17-9)8-15-7-10-6-11(14)2-3-13(10)18(19)20/h2-6,15H,7-8H2,1H3. The molecule has 0 aliphatic heterocycles. The van der Waals surface area contributed by atoms with E-state index in [1.165, 1.54) is 12.1 Å². The summed E-state index contributed by atoms with van der Waals surface area (Å²) in [6, 6.07) is 6.31. The van der Waals surface area contributed by atoms with Crippen LogP contribution >= 0.6 is 11.6 Å². The first-order valence-electron chi connectivity index (χ1n) is 5.98. The number of nitrogens with one attached hydrogen (secondary N) is 1. The molecule has 0 spiro atoms. The van der Waals surface area contributed by atoms with Crippen molar-refractivity contribution in [1.29, 1.82) is 0 Å². The number of nitrogens with zero attached hydrogens (tertiary/aromatic N) is 3. The van der Waals surface area contributed by atoms with Gasteiger partial charge in [-0.1, -0.05) is 11.6 Å². The van der Waals surface area contributed by atoms with Crippen molar-refractivity contribution in [3.63, 3.8) is 0 Å². The monoisotopic (exact) mass is 292 g/mol. The Bertz CT molecular complexity index is 634. The lowest BCUT2D eigenvalue weighted by Gasteiger charge is -2.06. The second kappa shape index (κ2) is 6.40.